The van der Waals surface area contributed by atoms with Crippen LogP contribution in [0.2, 0.25) is 0 Å². The Morgan fingerprint density at radius 2 is 1.54 bits per heavy atom. The number of aromatic nitrogens is 3. The molecule has 0 unspecified atom stereocenters. The fraction of sp³-hybridized carbons (Fsp3) is 0.100. The number of halogens is 3. The molecule has 2 heterocycles. The van der Waals surface area contributed by atoms with E-state index < -0.39 is 11.6 Å². The molecule has 0 fully saturated rings. The fourth-order valence-electron chi connectivity index (χ4n) is 3.01. The molecule has 0 aliphatic carbocycles. The molecule has 0 saturated carbocycles. The number of hydrogen-bond donors (Lipinski definition) is 0. The van der Waals surface area contributed by atoms with Gasteiger partial charge in [-0.25, -0.2) is 22.7 Å². The first-order valence-electron chi connectivity index (χ1n) is 8.02. The summed E-state index contributed by atoms with van der Waals surface area (Å²) in [5.74, 6) is -2.15. The van der Waals surface area contributed by atoms with E-state index in [1.54, 1.807) is 36.7 Å². The Morgan fingerprint density at radius 1 is 0.808 bits per heavy atom. The largest absolute Gasteiger partial charge is 0.236 e. The number of fused-ring (bicyclic) bond motifs is 1. The summed E-state index contributed by atoms with van der Waals surface area (Å²) in [5, 5.41) is 4.49. The van der Waals surface area contributed by atoms with Crippen LogP contribution in [0.1, 0.15) is 11.3 Å². The summed E-state index contributed by atoms with van der Waals surface area (Å²) in [5.41, 5.74) is 4.14. The molecule has 6 heteroatoms. The molecular formula is C20H14F3N3. The Kier molecular flexibility index (Phi) is 3.76. The molecule has 2 aromatic carbocycles. The summed E-state index contributed by atoms with van der Waals surface area (Å²) in [6.45, 7) is 3.50. The molecule has 4 aromatic rings. The lowest BCUT2D eigenvalue weighted by Gasteiger charge is -2.06. The second-order valence-corrected chi connectivity index (χ2v) is 6.12. The van der Waals surface area contributed by atoms with Gasteiger partial charge < -0.3 is 0 Å². The minimum Gasteiger partial charge on any atom is -0.236 e. The Hall–Kier alpha value is -3.15. The average Bonchev–Trinajstić information content (AvgIpc) is 2.95. The van der Waals surface area contributed by atoms with Gasteiger partial charge in [-0.1, -0.05) is 12.1 Å². The monoisotopic (exact) mass is 353 g/mol. The maximum atomic E-state index is 14.0. The topological polar surface area (TPSA) is 30.2 Å². The van der Waals surface area contributed by atoms with Crippen LogP contribution in [0.4, 0.5) is 13.2 Å². The summed E-state index contributed by atoms with van der Waals surface area (Å²) in [4.78, 5) is 4.37. The predicted octanol–water partition coefficient (Wildman–Crippen LogP) is 5.10. The summed E-state index contributed by atoms with van der Waals surface area (Å²) in [7, 11) is 0. The van der Waals surface area contributed by atoms with Crippen LogP contribution in [0.25, 0.3) is 28.0 Å². The Bertz CT molecular complexity index is 1150. The third-order valence-electron chi connectivity index (χ3n) is 4.37. The zero-order valence-corrected chi connectivity index (χ0v) is 14.1. The van der Waals surface area contributed by atoms with Gasteiger partial charge in [-0.3, -0.25) is 0 Å². The van der Waals surface area contributed by atoms with Gasteiger partial charge in [0.05, 0.1) is 11.4 Å². The number of rotatable bonds is 2. The molecule has 0 amide bonds. The summed E-state index contributed by atoms with van der Waals surface area (Å²) >= 11 is 0. The van der Waals surface area contributed by atoms with Crippen molar-refractivity contribution in [2.45, 2.75) is 13.8 Å². The first-order valence-corrected chi connectivity index (χ1v) is 8.02. The van der Waals surface area contributed by atoms with Gasteiger partial charge in [0.2, 0.25) is 0 Å². The highest BCUT2D eigenvalue weighted by Crippen LogP contribution is 2.31. The van der Waals surface area contributed by atoms with Crippen molar-refractivity contribution in [2.75, 3.05) is 0 Å². The molecule has 0 radical (unpaired) electrons. The number of hydrogen-bond acceptors (Lipinski definition) is 2. The van der Waals surface area contributed by atoms with Gasteiger partial charge in [-0.15, -0.1) is 0 Å². The minimum atomic E-state index is -0.933. The van der Waals surface area contributed by atoms with Crippen molar-refractivity contribution < 1.29 is 13.2 Å². The zero-order chi connectivity index (χ0) is 18.4. The van der Waals surface area contributed by atoms with Gasteiger partial charge in [-0.2, -0.15) is 5.10 Å². The molecule has 26 heavy (non-hydrogen) atoms. The SMILES string of the molecule is Cc1ccc(-c2c(C)nn3c(-c4ccc(F)c(F)c4)ccnc23)cc1F. The lowest BCUT2D eigenvalue weighted by atomic mass is 10.0. The lowest BCUT2D eigenvalue weighted by Crippen LogP contribution is -1.97. The van der Waals surface area contributed by atoms with Gasteiger partial charge in [0, 0.05) is 17.3 Å². The van der Waals surface area contributed by atoms with Crippen molar-refractivity contribution in [3.63, 3.8) is 0 Å². The molecule has 0 atom stereocenters. The van der Waals surface area contributed by atoms with Crippen LogP contribution in [0.5, 0.6) is 0 Å². The third-order valence-corrected chi connectivity index (χ3v) is 4.37. The van der Waals surface area contributed by atoms with E-state index in [1.165, 1.54) is 12.1 Å². The van der Waals surface area contributed by atoms with Gasteiger partial charge >= 0.3 is 0 Å². The molecule has 0 saturated heterocycles. The molecule has 130 valence electrons. The number of nitrogens with zero attached hydrogens (tertiary/aromatic N) is 3. The molecule has 4 rings (SSSR count). The van der Waals surface area contributed by atoms with Gasteiger partial charge in [0.1, 0.15) is 5.82 Å². The van der Waals surface area contributed by atoms with Crippen LogP contribution in [0, 0.1) is 31.3 Å². The highest BCUT2D eigenvalue weighted by Gasteiger charge is 2.17. The summed E-state index contributed by atoms with van der Waals surface area (Å²) in [6.07, 6.45) is 1.57. The van der Waals surface area contributed by atoms with Crippen LogP contribution < -0.4 is 0 Å². The van der Waals surface area contributed by atoms with E-state index in [-0.39, 0.29) is 5.82 Å². The fourth-order valence-corrected chi connectivity index (χ4v) is 3.01. The smallest absolute Gasteiger partial charge is 0.163 e. The summed E-state index contributed by atoms with van der Waals surface area (Å²) < 4.78 is 42.4. The summed E-state index contributed by atoms with van der Waals surface area (Å²) in [6, 6.07) is 10.3. The standard InChI is InChI=1S/C20H14F3N3/c1-11-3-4-14(10-16(11)22)19-12(2)25-26-18(7-8-24-20(19)26)13-5-6-15(21)17(23)9-13/h3-10H,1-2H3. The van der Waals surface area contributed by atoms with Gasteiger partial charge in [-0.05, 0) is 55.3 Å². The number of aryl methyl sites for hydroxylation is 2. The molecule has 2 aromatic heterocycles. The molecule has 0 N–H and O–H groups in total. The van der Waals surface area contributed by atoms with E-state index in [0.717, 1.165) is 12.1 Å². The van der Waals surface area contributed by atoms with Crippen molar-refractivity contribution in [3.05, 3.63) is 77.4 Å². The first-order chi connectivity index (χ1) is 12.5. The van der Waals surface area contributed by atoms with E-state index in [9.17, 15) is 13.2 Å². The number of benzene rings is 2. The maximum absolute atomic E-state index is 14.0. The average molecular weight is 353 g/mol. The Balaban J connectivity index is 1.96. The van der Waals surface area contributed by atoms with Crippen LogP contribution >= 0.6 is 0 Å². The maximum Gasteiger partial charge on any atom is 0.163 e. The Morgan fingerprint density at radius 3 is 2.27 bits per heavy atom. The molecule has 0 spiro atoms. The van der Waals surface area contributed by atoms with Crippen molar-refractivity contribution in [1.82, 2.24) is 14.6 Å². The predicted molar refractivity (Wildman–Crippen MR) is 93.2 cm³/mol. The van der Waals surface area contributed by atoms with Crippen molar-refractivity contribution in [2.24, 2.45) is 0 Å². The minimum absolute atomic E-state index is 0.307. The molecule has 0 bridgehead atoms. The van der Waals surface area contributed by atoms with E-state index in [1.807, 2.05) is 6.07 Å². The van der Waals surface area contributed by atoms with Gasteiger partial charge in [0.25, 0.3) is 0 Å². The lowest BCUT2D eigenvalue weighted by molar-refractivity contribution is 0.509. The van der Waals surface area contributed by atoms with Crippen molar-refractivity contribution in [3.8, 4) is 22.4 Å². The zero-order valence-electron chi connectivity index (χ0n) is 14.1. The molecule has 3 nitrogen and oxygen atoms in total. The third kappa shape index (κ3) is 2.54. The van der Waals surface area contributed by atoms with Crippen LogP contribution in [-0.2, 0) is 0 Å². The van der Waals surface area contributed by atoms with Crippen molar-refractivity contribution in [1.29, 1.82) is 0 Å². The van der Waals surface area contributed by atoms with E-state index in [4.69, 9.17) is 0 Å². The molecule has 0 aliphatic rings. The highest BCUT2D eigenvalue weighted by molar-refractivity contribution is 5.81. The normalized spacial score (nSPS) is 11.3. The highest BCUT2D eigenvalue weighted by atomic mass is 19.2. The van der Waals surface area contributed by atoms with E-state index >= 15 is 0 Å². The Labute approximate surface area is 147 Å². The van der Waals surface area contributed by atoms with E-state index in [2.05, 4.69) is 10.1 Å². The van der Waals surface area contributed by atoms with E-state index in [0.29, 0.717) is 39.3 Å². The second kappa shape index (κ2) is 5.98. The van der Waals surface area contributed by atoms with Crippen LogP contribution in [0.3, 0.4) is 0 Å². The van der Waals surface area contributed by atoms with Crippen LogP contribution in [-0.4, -0.2) is 14.6 Å². The quantitative estimate of drug-likeness (QED) is 0.502. The second-order valence-electron chi connectivity index (χ2n) is 6.12. The first kappa shape index (κ1) is 16.3. The van der Waals surface area contributed by atoms with Crippen LogP contribution in [0.15, 0.2) is 48.7 Å². The van der Waals surface area contributed by atoms with Crippen molar-refractivity contribution >= 4 is 5.65 Å². The van der Waals surface area contributed by atoms with Gasteiger partial charge in [0.15, 0.2) is 17.3 Å². The molecule has 0 aliphatic heterocycles. The molecular weight excluding hydrogens is 339 g/mol.